The highest BCUT2D eigenvalue weighted by Gasteiger charge is 1.86. The van der Waals surface area contributed by atoms with Crippen molar-refractivity contribution < 1.29 is 9.90 Å². The zero-order chi connectivity index (χ0) is 10.2. The van der Waals surface area contributed by atoms with E-state index in [-0.39, 0.29) is 6.42 Å². The van der Waals surface area contributed by atoms with Gasteiger partial charge in [-0.05, 0) is 24.0 Å². The normalized spacial score (nSPS) is 7.71. The molecule has 1 rings (SSSR count). The van der Waals surface area contributed by atoms with Gasteiger partial charge in [0.1, 0.15) is 6.42 Å². The molecule has 0 bridgehead atoms. The molecule has 0 saturated carbocycles. The van der Waals surface area contributed by atoms with Crippen LogP contribution in [0.3, 0.4) is 0 Å². The van der Waals surface area contributed by atoms with Gasteiger partial charge in [-0.2, -0.15) is 0 Å². The van der Waals surface area contributed by atoms with E-state index in [1.807, 2.05) is 30.3 Å². The van der Waals surface area contributed by atoms with E-state index < -0.39 is 5.97 Å². The van der Waals surface area contributed by atoms with Gasteiger partial charge in [-0.3, -0.25) is 4.79 Å². The first-order valence-electron chi connectivity index (χ1n) is 4.05. The molecule has 1 aromatic rings. The Bertz CT molecular complexity index is 424. The molecule has 0 spiro atoms. The van der Waals surface area contributed by atoms with Crippen LogP contribution in [-0.4, -0.2) is 11.1 Å². The van der Waals surface area contributed by atoms with Crippen LogP contribution < -0.4 is 0 Å². The lowest BCUT2D eigenvalue weighted by Gasteiger charge is -1.83. The Kier molecular flexibility index (Phi) is 3.86. The number of carbonyl (C=O) groups is 1. The molecular weight excluding hydrogens is 176 g/mol. The molecule has 0 atom stereocenters. The summed E-state index contributed by atoms with van der Waals surface area (Å²) < 4.78 is 0. The first-order chi connectivity index (χ1) is 6.79. The first kappa shape index (κ1) is 9.89. The second-order valence-corrected chi connectivity index (χ2v) is 2.49. The molecule has 0 heterocycles. The molecule has 2 nitrogen and oxygen atoms in total. The van der Waals surface area contributed by atoms with Crippen molar-refractivity contribution in [3.05, 3.63) is 35.9 Å². The maximum Gasteiger partial charge on any atom is 0.315 e. The summed E-state index contributed by atoms with van der Waals surface area (Å²) in [6.07, 6.45) is -0.163. The second kappa shape index (κ2) is 5.45. The molecule has 1 N–H and O–H groups in total. The fraction of sp³-hybridized carbons (Fsp3) is 0.0833. The lowest BCUT2D eigenvalue weighted by atomic mass is 10.2. The Morgan fingerprint density at radius 1 is 1.21 bits per heavy atom. The highest BCUT2D eigenvalue weighted by Crippen LogP contribution is 1.93. The van der Waals surface area contributed by atoms with Crippen molar-refractivity contribution in [2.45, 2.75) is 6.42 Å². The highest BCUT2D eigenvalue weighted by molar-refractivity contribution is 5.70. The summed E-state index contributed by atoms with van der Waals surface area (Å²) in [7, 11) is 0. The number of hydrogen-bond acceptors (Lipinski definition) is 1. The predicted molar refractivity (Wildman–Crippen MR) is 53.3 cm³/mol. The summed E-state index contributed by atoms with van der Waals surface area (Å²) in [6.45, 7) is 0. The van der Waals surface area contributed by atoms with E-state index in [0.717, 1.165) is 5.56 Å². The molecule has 0 unspecified atom stereocenters. The Morgan fingerprint density at radius 2 is 1.93 bits per heavy atom. The Labute approximate surface area is 82.6 Å². The molecule has 0 amide bonds. The van der Waals surface area contributed by atoms with Crippen LogP contribution in [0.1, 0.15) is 12.0 Å². The molecular formula is C12H8O2. The SMILES string of the molecule is O=C(O)CC#CC#Cc1ccccc1. The van der Waals surface area contributed by atoms with Gasteiger partial charge in [0, 0.05) is 5.56 Å². The molecule has 1 aromatic carbocycles. The topological polar surface area (TPSA) is 37.3 Å². The van der Waals surface area contributed by atoms with Crippen LogP contribution in [0.4, 0.5) is 0 Å². The van der Waals surface area contributed by atoms with Gasteiger partial charge >= 0.3 is 5.97 Å². The molecule has 14 heavy (non-hydrogen) atoms. The third-order valence-electron chi connectivity index (χ3n) is 1.37. The lowest BCUT2D eigenvalue weighted by molar-refractivity contribution is -0.135. The average Bonchev–Trinajstić information content (AvgIpc) is 2.18. The summed E-state index contributed by atoms with van der Waals surface area (Å²) in [4.78, 5) is 10.1. The Balaban J connectivity index is 2.56. The number of rotatable bonds is 1. The molecule has 0 aromatic heterocycles. The van der Waals surface area contributed by atoms with E-state index in [1.165, 1.54) is 0 Å². The van der Waals surface area contributed by atoms with Gasteiger partial charge in [-0.1, -0.05) is 30.0 Å². The molecule has 0 radical (unpaired) electrons. The van der Waals surface area contributed by atoms with Gasteiger partial charge in [0.2, 0.25) is 0 Å². The number of carboxylic acids is 1. The second-order valence-electron chi connectivity index (χ2n) is 2.49. The minimum atomic E-state index is -0.931. The molecule has 0 saturated heterocycles. The number of carboxylic acid groups (broad SMARTS) is 1. The zero-order valence-electron chi connectivity index (χ0n) is 7.45. The fourth-order valence-electron chi connectivity index (χ4n) is 0.789. The van der Waals surface area contributed by atoms with Crippen LogP contribution in [0, 0.1) is 23.7 Å². The van der Waals surface area contributed by atoms with Crippen LogP contribution in [0.2, 0.25) is 0 Å². The highest BCUT2D eigenvalue weighted by atomic mass is 16.4. The van der Waals surface area contributed by atoms with Crippen molar-refractivity contribution in [3.8, 4) is 23.7 Å². The van der Waals surface area contributed by atoms with Crippen molar-refractivity contribution in [1.82, 2.24) is 0 Å². The van der Waals surface area contributed by atoms with E-state index in [2.05, 4.69) is 23.7 Å². The third kappa shape index (κ3) is 3.99. The van der Waals surface area contributed by atoms with Gasteiger partial charge in [0.25, 0.3) is 0 Å². The maximum absolute atomic E-state index is 10.1. The van der Waals surface area contributed by atoms with E-state index in [1.54, 1.807) is 0 Å². The van der Waals surface area contributed by atoms with Gasteiger partial charge in [0.05, 0.1) is 0 Å². The quantitative estimate of drug-likeness (QED) is 0.672. The smallest absolute Gasteiger partial charge is 0.315 e. The van der Waals surface area contributed by atoms with Crippen molar-refractivity contribution in [2.24, 2.45) is 0 Å². The largest absolute Gasteiger partial charge is 0.481 e. The van der Waals surface area contributed by atoms with Crippen LogP contribution in [0.5, 0.6) is 0 Å². The van der Waals surface area contributed by atoms with Crippen LogP contribution >= 0.6 is 0 Å². The molecule has 2 heteroatoms. The van der Waals surface area contributed by atoms with Crippen LogP contribution in [0.15, 0.2) is 30.3 Å². The van der Waals surface area contributed by atoms with Gasteiger partial charge < -0.3 is 5.11 Å². The van der Waals surface area contributed by atoms with E-state index in [4.69, 9.17) is 5.11 Å². The van der Waals surface area contributed by atoms with Crippen molar-refractivity contribution in [1.29, 1.82) is 0 Å². The van der Waals surface area contributed by atoms with Gasteiger partial charge in [-0.25, -0.2) is 0 Å². The van der Waals surface area contributed by atoms with Crippen molar-refractivity contribution in [2.75, 3.05) is 0 Å². The van der Waals surface area contributed by atoms with Crippen LogP contribution in [0.25, 0.3) is 0 Å². The minimum absolute atomic E-state index is 0.163. The minimum Gasteiger partial charge on any atom is -0.481 e. The van der Waals surface area contributed by atoms with Gasteiger partial charge in [0.15, 0.2) is 0 Å². The molecule has 0 aliphatic rings. The zero-order valence-corrected chi connectivity index (χ0v) is 7.45. The summed E-state index contributed by atoms with van der Waals surface area (Å²) >= 11 is 0. The van der Waals surface area contributed by atoms with E-state index in [0.29, 0.717) is 0 Å². The van der Waals surface area contributed by atoms with E-state index >= 15 is 0 Å². The fourth-order valence-corrected chi connectivity index (χ4v) is 0.789. The molecule has 68 valence electrons. The molecule has 0 aliphatic heterocycles. The lowest BCUT2D eigenvalue weighted by Crippen LogP contribution is -1.89. The van der Waals surface area contributed by atoms with E-state index in [9.17, 15) is 4.79 Å². The summed E-state index contributed by atoms with van der Waals surface area (Å²) in [5, 5.41) is 8.28. The predicted octanol–water partition coefficient (Wildman–Crippen LogP) is 1.52. The van der Waals surface area contributed by atoms with Crippen LogP contribution in [-0.2, 0) is 4.79 Å². The third-order valence-corrected chi connectivity index (χ3v) is 1.37. The number of aliphatic carboxylic acids is 1. The Hall–Kier alpha value is -2.19. The number of hydrogen-bond donors (Lipinski definition) is 1. The van der Waals surface area contributed by atoms with Crippen molar-refractivity contribution in [3.63, 3.8) is 0 Å². The number of benzene rings is 1. The van der Waals surface area contributed by atoms with Crippen molar-refractivity contribution >= 4 is 5.97 Å². The molecule has 0 fully saturated rings. The maximum atomic E-state index is 10.1. The standard InChI is InChI=1S/C12H8O2/c13-12(14)10-6-2-5-9-11-7-3-1-4-8-11/h1,3-4,7-8H,10H2,(H,13,14). The van der Waals surface area contributed by atoms with Gasteiger partial charge in [-0.15, -0.1) is 0 Å². The first-order valence-corrected chi connectivity index (χ1v) is 4.05. The average molecular weight is 184 g/mol. The summed E-state index contributed by atoms with van der Waals surface area (Å²) in [5.74, 6) is 9.36. The monoisotopic (exact) mass is 184 g/mol. The summed E-state index contributed by atoms with van der Waals surface area (Å²) in [6, 6.07) is 9.41. The molecule has 0 aliphatic carbocycles. The Morgan fingerprint density at radius 3 is 2.57 bits per heavy atom. The summed E-state index contributed by atoms with van der Waals surface area (Å²) in [5.41, 5.74) is 0.872.